The molecule has 2 saturated carbocycles. The van der Waals surface area contributed by atoms with Crippen molar-refractivity contribution in [2.75, 3.05) is 0 Å². The lowest BCUT2D eigenvalue weighted by atomic mass is 9.48. The molecule has 4 rings (SSSR count). The van der Waals surface area contributed by atoms with Crippen LogP contribution in [0.3, 0.4) is 0 Å². The highest BCUT2D eigenvalue weighted by Gasteiger charge is 2.61. The molecule has 5 nitrogen and oxygen atoms in total. The first kappa shape index (κ1) is 25.1. The zero-order valence-electron chi connectivity index (χ0n) is 21.4. The van der Waals surface area contributed by atoms with E-state index in [0.29, 0.717) is 43.9 Å². The first-order chi connectivity index (χ1) is 15.8. The Hall–Kier alpha value is -2.04. The third-order valence-corrected chi connectivity index (χ3v) is 10.5. The normalized spacial score (nSPS) is 39.3. The van der Waals surface area contributed by atoms with Gasteiger partial charge >= 0.3 is 5.97 Å². The first-order valence-electron chi connectivity index (χ1n) is 13.1. The third-order valence-electron chi connectivity index (χ3n) is 10.5. The summed E-state index contributed by atoms with van der Waals surface area (Å²) in [4.78, 5) is 51.1. The average molecular weight is 469 g/mol. The molecule has 0 aliphatic heterocycles. The summed E-state index contributed by atoms with van der Waals surface area (Å²) in [6, 6.07) is 0. The van der Waals surface area contributed by atoms with Crippen molar-refractivity contribution >= 4 is 23.3 Å². The SMILES string of the molecule is C=C(CC[C@@H](C)C1CCC2C3=C(C(=O)C[C@@]21C)[C@@]1(C)CCC(=O)[C@@H](C)C1CC3=O)[C@H](C)C(=O)O. The molecule has 0 aromatic heterocycles. The van der Waals surface area contributed by atoms with Gasteiger partial charge in [0.25, 0.3) is 0 Å². The number of Topliss-reactive ketones (excluding diaryl/α,β-unsaturated/α-hetero) is 3. The molecule has 1 N–H and O–H groups in total. The Labute approximate surface area is 203 Å². The van der Waals surface area contributed by atoms with Crippen LogP contribution in [0.5, 0.6) is 0 Å². The minimum atomic E-state index is -0.843. The van der Waals surface area contributed by atoms with E-state index in [1.54, 1.807) is 6.92 Å². The Morgan fingerprint density at radius 3 is 2.47 bits per heavy atom. The third kappa shape index (κ3) is 3.65. The number of ketones is 3. The van der Waals surface area contributed by atoms with E-state index < -0.39 is 11.9 Å². The van der Waals surface area contributed by atoms with Gasteiger partial charge in [-0.25, -0.2) is 0 Å². The Morgan fingerprint density at radius 2 is 1.82 bits per heavy atom. The van der Waals surface area contributed by atoms with Crippen molar-refractivity contribution in [3.8, 4) is 0 Å². The molecule has 0 radical (unpaired) electrons. The molecule has 4 aliphatic carbocycles. The molecule has 5 heteroatoms. The Bertz CT molecular complexity index is 988. The zero-order valence-corrected chi connectivity index (χ0v) is 21.4. The second-order valence-electron chi connectivity index (χ2n) is 12.3. The van der Waals surface area contributed by atoms with Crippen molar-refractivity contribution in [2.45, 2.75) is 86.0 Å². The summed E-state index contributed by atoms with van der Waals surface area (Å²) in [7, 11) is 0. The molecule has 0 bridgehead atoms. The fourth-order valence-electron chi connectivity index (χ4n) is 8.25. The number of carbonyl (C=O) groups excluding carboxylic acids is 3. The first-order valence-corrected chi connectivity index (χ1v) is 13.1. The number of fused-ring (bicyclic) bond motifs is 4. The van der Waals surface area contributed by atoms with Gasteiger partial charge in [0.05, 0.1) is 5.92 Å². The standard InChI is InChI=1S/C29H40O5/c1-15(17(3)27(33)34)7-8-16(2)19-9-10-20-25-23(31)13-21-18(4)22(30)11-12-28(21,5)26(25)24(32)14-29(19,20)6/h16-21H,1,7-14H2,2-6H3,(H,33,34)/t16-,17+,18+,19?,20?,21?,28+,29-/m1/s1. The fourth-order valence-corrected chi connectivity index (χ4v) is 8.25. The molecule has 4 aliphatic rings. The number of aliphatic carboxylic acids is 1. The van der Waals surface area contributed by atoms with Gasteiger partial charge in [-0.3, -0.25) is 19.2 Å². The van der Waals surface area contributed by atoms with Gasteiger partial charge in [-0.1, -0.05) is 39.8 Å². The molecule has 0 amide bonds. The van der Waals surface area contributed by atoms with Crippen LogP contribution in [0.4, 0.5) is 0 Å². The lowest BCUT2D eigenvalue weighted by Gasteiger charge is -2.53. The summed E-state index contributed by atoms with van der Waals surface area (Å²) >= 11 is 0. The van der Waals surface area contributed by atoms with Gasteiger partial charge in [0.15, 0.2) is 11.6 Å². The fraction of sp³-hybridized carbons (Fsp3) is 0.724. The lowest BCUT2D eigenvalue weighted by molar-refractivity contribution is -0.140. The Kier molecular flexibility index (Phi) is 6.31. The van der Waals surface area contributed by atoms with Gasteiger partial charge in [0.2, 0.25) is 0 Å². The van der Waals surface area contributed by atoms with Crippen LogP contribution < -0.4 is 0 Å². The van der Waals surface area contributed by atoms with Crippen LogP contribution in [0.2, 0.25) is 0 Å². The molecule has 186 valence electrons. The van der Waals surface area contributed by atoms with Crippen molar-refractivity contribution in [3.63, 3.8) is 0 Å². The molecule has 0 saturated heterocycles. The number of hydrogen-bond acceptors (Lipinski definition) is 4. The Morgan fingerprint density at radius 1 is 1.15 bits per heavy atom. The molecule has 0 spiro atoms. The molecule has 3 unspecified atom stereocenters. The quantitative estimate of drug-likeness (QED) is 0.514. The summed E-state index contributed by atoms with van der Waals surface area (Å²) in [6.07, 6.45) is 5.43. The molecular weight excluding hydrogens is 428 g/mol. The maximum absolute atomic E-state index is 13.8. The van der Waals surface area contributed by atoms with E-state index in [9.17, 15) is 24.3 Å². The summed E-state index contributed by atoms with van der Waals surface area (Å²) in [5.74, 6) is -0.453. The summed E-state index contributed by atoms with van der Waals surface area (Å²) in [5, 5.41) is 9.27. The van der Waals surface area contributed by atoms with Crippen molar-refractivity contribution in [1.29, 1.82) is 0 Å². The lowest BCUT2D eigenvalue weighted by Crippen LogP contribution is -2.53. The highest BCUT2D eigenvalue weighted by molar-refractivity contribution is 6.11. The zero-order chi connectivity index (χ0) is 25.2. The van der Waals surface area contributed by atoms with E-state index in [0.717, 1.165) is 36.0 Å². The summed E-state index contributed by atoms with van der Waals surface area (Å²) in [5.41, 5.74) is 1.70. The van der Waals surface area contributed by atoms with Crippen LogP contribution in [0.1, 0.15) is 86.0 Å². The van der Waals surface area contributed by atoms with E-state index in [4.69, 9.17) is 0 Å². The van der Waals surface area contributed by atoms with Crippen LogP contribution in [0, 0.1) is 46.3 Å². The highest BCUT2D eigenvalue weighted by atomic mass is 16.4. The van der Waals surface area contributed by atoms with Gasteiger partial charge in [-0.15, -0.1) is 0 Å². The predicted octanol–water partition coefficient (Wildman–Crippen LogP) is 5.58. The maximum atomic E-state index is 13.8. The highest BCUT2D eigenvalue weighted by Crippen LogP contribution is 2.64. The van der Waals surface area contributed by atoms with E-state index in [1.165, 1.54) is 0 Å². The van der Waals surface area contributed by atoms with Crippen molar-refractivity contribution in [1.82, 2.24) is 0 Å². The smallest absolute Gasteiger partial charge is 0.310 e. The second-order valence-corrected chi connectivity index (χ2v) is 12.3. The number of carbonyl (C=O) groups is 4. The minimum Gasteiger partial charge on any atom is -0.481 e. The molecule has 34 heavy (non-hydrogen) atoms. The molecule has 0 aromatic carbocycles. The molecule has 8 atom stereocenters. The van der Waals surface area contributed by atoms with Crippen LogP contribution >= 0.6 is 0 Å². The van der Waals surface area contributed by atoms with Gasteiger partial charge in [-0.05, 0) is 68.1 Å². The van der Waals surface area contributed by atoms with Gasteiger partial charge in [0.1, 0.15) is 5.78 Å². The van der Waals surface area contributed by atoms with E-state index in [1.807, 2.05) is 6.92 Å². The number of carboxylic acid groups (broad SMARTS) is 1. The van der Waals surface area contributed by atoms with Crippen molar-refractivity contribution in [2.24, 2.45) is 46.3 Å². The summed E-state index contributed by atoms with van der Waals surface area (Å²) in [6.45, 7) is 14.2. The van der Waals surface area contributed by atoms with Crippen LogP contribution in [-0.4, -0.2) is 28.4 Å². The van der Waals surface area contributed by atoms with Crippen LogP contribution in [-0.2, 0) is 19.2 Å². The summed E-state index contributed by atoms with van der Waals surface area (Å²) < 4.78 is 0. The van der Waals surface area contributed by atoms with Gasteiger partial charge < -0.3 is 5.11 Å². The number of carboxylic acids is 1. The topological polar surface area (TPSA) is 88.5 Å². The molecule has 0 heterocycles. The maximum Gasteiger partial charge on any atom is 0.310 e. The molecule has 2 fully saturated rings. The van der Waals surface area contributed by atoms with Crippen molar-refractivity contribution < 1.29 is 24.3 Å². The average Bonchev–Trinajstić information content (AvgIpc) is 3.11. The second kappa shape index (κ2) is 8.57. The largest absolute Gasteiger partial charge is 0.481 e. The Balaban J connectivity index is 1.61. The number of rotatable bonds is 6. The van der Waals surface area contributed by atoms with E-state index in [-0.39, 0.29) is 45.9 Å². The van der Waals surface area contributed by atoms with Gasteiger partial charge in [0, 0.05) is 41.7 Å². The van der Waals surface area contributed by atoms with E-state index in [2.05, 4.69) is 27.4 Å². The van der Waals surface area contributed by atoms with E-state index >= 15 is 0 Å². The monoisotopic (exact) mass is 468 g/mol. The number of hydrogen-bond donors (Lipinski definition) is 1. The predicted molar refractivity (Wildman–Crippen MR) is 130 cm³/mol. The molecule has 0 aromatic rings. The molecular formula is C29H40O5. The van der Waals surface area contributed by atoms with Crippen LogP contribution in [0.15, 0.2) is 23.3 Å². The van der Waals surface area contributed by atoms with Crippen LogP contribution in [0.25, 0.3) is 0 Å². The minimum absolute atomic E-state index is 0.0633. The van der Waals surface area contributed by atoms with Crippen molar-refractivity contribution in [3.05, 3.63) is 23.3 Å². The number of allylic oxidation sites excluding steroid dienone is 2. The van der Waals surface area contributed by atoms with Gasteiger partial charge in [-0.2, -0.15) is 0 Å².